The number of hydrogen-bond donors (Lipinski definition) is 1. The van der Waals surface area contributed by atoms with Gasteiger partial charge in [-0.3, -0.25) is 4.79 Å². The molecule has 76 valence electrons. The Morgan fingerprint density at radius 3 is 3.00 bits per heavy atom. The molecular formula is C10H9N3OS. The van der Waals surface area contributed by atoms with Crippen molar-refractivity contribution in [1.29, 1.82) is 0 Å². The van der Waals surface area contributed by atoms with E-state index in [0.717, 1.165) is 16.9 Å². The van der Waals surface area contributed by atoms with Gasteiger partial charge in [0.05, 0.1) is 0 Å². The van der Waals surface area contributed by atoms with Crippen LogP contribution in [0.25, 0.3) is 11.3 Å². The highest BCUT2D eigenvalue weighted by atomic mass is 32.1. The minimum absolute atomic E-state index is 0.0800. The van der Waals surface area contributed by atoms with E-state index in [9.17, 15) is 4.79 Å². The van der Waals surface area contributed by atoms with Crippen LogP contribution in [-0.4, -0.2) is 15.5 Å². The number of hydrogen-bond acceptors (Lipinski definition) is 4. The van der Waals surface area contributed by atoms with Crippen LogP contribution in [0, 0.1) is 0 Å². The highest BCUT2D eigenvalue weighted by Crippen LogP contribution is 2.21. The van der Waals surface area contributed by atoms with Gasteiger partial charge in [-0.1, -0.05) is 16.6 Å². The number of amides is 1. The average molecular weight is 219 g/mol. The number of aromatic nitrogens is 2. The van der Waals surface area contributed by atoms with E-state index in [0.29, 0.717) is 0 Å². The number of anilines is 1. The molecule has 0 saturated heterocycles. The number of carbonyl (C=O) groups excluding carboxylic acids is 1. The molecule has 0 bridgehead atoms. The molecule has 0 atom stereocenters. The van der Waals surface area contributed by atoms with Gasteiger partial charge in [0.15, 0.2) is 0 Å². The highest BCUT2D eigenvalue weighted by molar-refractivity contribution is 7.03. The lowest BCUT2D eigenvalue weighted by molar-refractivity contribution is -0.114. The lowest BCUT2D eigenvalue weighted by Gasteiger charge is -2.02. The van der Waals surface area contributed by atoms with E-state index >= 15 is 0 Å². The zero-order chi connectivity index (χ0) is 10.7. The van der Waals surface area contributed by atoms with Crippen molar-refractivity contribution in [2.24, 2.45) is 0 Å². The van der Waals surface area contributed by atoms with Gasteiger partial charge in [-0.25, -0.2) is 0 Å². The number of carbonyl (C=O) groups is 1. The van der Waals surface area contributed by atoms with E-state index < -0.39 is 0 Å². The van der Waals surface area contributed by atoms with E-state index in [1.807, 2.05) is 29.6 Å². The Hall–Kier alpha value is -1.75. The lowest BCUT2D eigenvalue weighted by atomic mass is 10.1. The van der Waals surface area contributed by atoms with E-state index in [1.165, 1.54) is 18.5 Å². The summed E-state index contributed by atoms with van der Waals surface area (Å²) in [7, 11) is 0. The molecule has 1 aromatic heterocycles. The van der Waals surface area contributed by atoms with Crippen LogP contribution in [-0.2, 0) is 4.79 Å². The van der Waals surface area contributed by atoms with Crippen molar-refractivity contribution in [1.82, 2.24) is 9.59 Å². The van der Waals surface area contributed by atoms with Crippen molar-refractivity contribution in [3.05, 3.63) is 29.6 Å². The van der Waals surface area contributed by atoms with Gasteiger partial charge < -0.3 is 5.32 Å². The summed E-state index contributed by atoms with van der Waals surface area (Å²) in [6.45, 7) is 1.48. The van der Waals surface area contributed by atoms with Crippen molar-refractivity contribution in [3.8, 4) is 11.3 Å². The summed E-state index contributed by atoms with van der Waals surface area (Å²) < 4.78 is 3.79. The SMILES string of the molecule is CC(=O)Nc1cccc(-c2csnn2)c1. The average Bonchev–Trinajstić information content (AvgIpc) is 2.69. The topological polar surface area (TPSA) is 54.9 Å². The molecule has 1 heterocycles. The summed E-state index contributed by atoms with van der Waals surface area (Å²) in [4.78, 5) is 10.9. The fraction of sp³-hybridized carbons (Fsp3) is 0.100. The second-order valence-electron chi connectivity index (χ2n) is 3.05. The van der Waals surface area contributed by atoms with Crippen LogP contribution in [0.4, 0.5) is 5.69 Å². The molecule has 2 rings (SSSR count). The summed E-state index contributed by atoms with van der Waals surface area (Å²) in [5, 5.41) is 8.55. The van der Waals surface area contributed by atoms with Crippen LogP contribution in [0.15, 0.2) is 29.6 Å². The Kier molecular flexibility index (Phi) is 2.73. The summed E-state index contributed by atoms with van der Waals surface area (Å²) in [6.07, 6.45) is 0. The largest absolute Gasteiger partial charge is 0.326 e. The van der Waals surface area contributed by atoms with Gasteiger partial charge in [0.25, 0.3) is 0 Å². The van der Waals surface area contributed by atoms with Gasteiger partial charge in [0.2, 0.25) is 5.91 Å². The zero-order valence-corrected chi connectivity index (χ0v) is 8.91. The van der Waals surface area contributed by atoms with Crippen molar-refractivity contribution in [2.75, 3.05) is 5.32 Å². The molecule has 0 aliphatic rings. The molecule has 0 saturated carbocycles. The quantitative estimate of drug-likeness (QED) is 0.842. The molecule has 0 aliphatic carbocycles. The number of nitrogens with zero attached hydrogens (tertiary/aromatic N) is 2. The first-order valence-electron chi connectivity index (χ1n) is 4.41. The molecule has 0 aliphatic heterocycles. The summed E-state index contributed by atoms with van der Waals surface area (Å²) in [6, 6.07) is 7.52. The second-order valence-corrected chi connectivity index (χ2v) is 3.66. The maximum Gasteiger partial charge on any atom is 0.221 e. The fourth-order valence-corrected chi connectivity index (χ4v) is 1.72. The molecule has 2 aromatic rings. The van der Waals surface area contributed by atoms with Gasteiger partial charge in [0, 0.05) is 23.6 Å². The molecule has 5 heteroatoms. The number of rotatable bonds is 2. The zero-order valence-electron chi connectivity index (χ0n) is 8.10. The first kappa shape index (κ1) is 9.79. The Bertz CT molecular complexity index is 467. The fourth-order valence-electron chi connectivity index (χ4n) is 1.25. The molecule has 1 aromatic carbocycles. The highest BCUT2D eigenvalue weighted by Gasteiger charge is 2.02. The Labute approximate surface area is 91.1 Å². The lowest BCUT2D eigenvalue weighted by Crippen LogP contribution is -2.05. The smallest absolute Gasteiger partial charge is 0.221 e. The monoisotopic (exact) mass is 219 g/mol. The van der Waals surface area contributed by atoms with E-state index in [1.54, 1.807) is 0 Å². The number of nitrogens with one attached hydrogen (secondary N) is 1. The Morgan fingerprint density at radius 2 is 2.33 bits per heavy atom. The third-order valence-electron chi connectivity index (χ3n) is 1.84. The molecule has 15 heavy (non-hydrogen) atoms. The molecule has 0 unspecified atom stereocenters. The second kappa shape index (κ2) is 4.18. The van der Waals surface area contributed by atoms with E-state index in [2.05, 4.69) is 14.9 Å². The van der Waals surface area contributed by atoms with Crippen LogP contribution in [0.5, 0.6) is 0 Å². The summed E-state index contributed by atoms with van der Waals surface area (Å²) in [5.41, 5.74) is 2.55. The maximum atomic E-state index is 10.9. The van der Waals surface area contributed by atoms with Crippen molar-refractivity contribution >= 4 is 23.1 Å². The summed E-state index contributed by atoms with van der Waals surface area (Å²) in [5.74, 6) is -0.0800. The van der Waals surface area contributed by atoms with Gasteiger partial charge in [0.1, 0.15) is 5.69 Å². The molecule has 1 amide bonds. The Morgan fingerprint density at radius 1 is 1.47 bits per heavy atom. The first-order valence-corrected chi connectivity index (χ1v) is 5.24. The third kappa shape index (κ3) is 2.38. The Balaban J connectivity index is 2.31. The maximum absolute atomic E-state index is 10.9. The minimum atomic E-state index is -0.0800. The predicted molar refractivity (Wildman–Crippen MR) is 59.6 cm³/mol. The van der Waals surface area contributed by atoms with E-state index in [4.69, 9.17) is 0 Å². The van der Waals surface area contributed by atoms with Crippen LogP contribution in [0.3, 0.4) is 0 Å². The summed E-state index contributed by atoms with van der Waals surface area (Å²) >= 11 is 1.31. The molecule has 0 fully saturated rings. The molecule has 0 radical (unpaired) electrons. The van der Waals surface area contributed by atoms with Crippen LogP contribution < -0.4 is 5.32 Å². The van der Waals surface area contributed by atoms with Crippen LogP contribution in [0.1, 0.15) is 6.92 Å². The van der Waals surface area contributed by atoms with Crippen molar-refractivity contribution in [3.63, 3.8) is 0 Å². The van der Waals surface area contributed by atoms with Crippen molar-refractivity contribution in [2.45, 2.75) is 6.92 Å². The molecular weight excluding hydrogens is 210 g/mol. The van der Waals surface area contributed by atoms with Crippen LogP contribution >= 0.6 is 11.5 Å². The predicted octanol–water partition coefficient (Wildman–Crippen LogP) is 2.16. The molecule has 0 spiro atoms. The number of benzene rings is 1. The minimum Gasteiger partial charge on any atom is -0.326 e. The standard InChI is InChI=1S/C10H9N3OS/c1-7(14)11-9-4-2-3-8(5-9)10-6-15-13-12-10/h2-6H,1H3,(H,11,14). The normalized spacial score (nSPS) is 9.93. The van der Waals surface area contributed by atoms with E-state index in [-0.39, 0.29) is 5.91 Å². The van der Waals surface area contributed by atoms with Crippen LogP contribution in [0.2, 0.25) is 0 Å². The first-order chi connectivity index (χ1) is 7.25. The van der Waals surface area contributed by atoms with Gasteiger partial charge in [-0.15, -0.1) is 5.10 Å². The molecule has 1 N–H and O–H groups in total. The van der Waals surface area contributed by atoms with Crippen molar-refractivity contribution < 1.29 is 4.79 Å². The van der Waals surface area contributed by atoms with Gasteiger partial charge >= 0.3 is 0 Å². The van der Waals surface area contributed by atoms with Gasteiger partial charge in [-0.05, 0) is 23.7 Å². The molecule has 4 nitrogen and oxygen atoms in total. The van der Waals surface area contributed by atoms with Gasteiger partial charge in [-0.2, -0.15) is 0 Å². The third-order valence-corrected chi connectivity index (χ3v) is 2.34.